The van der Waals surface area contributed by atoms with Crippen molar-refractivity contribution in [2.24, 2.45) is 0 Å². The molecule has 0 saturated carbocycles. The first-order chi connectivity index (χ1) is 17.4. The Hall–Kier alpha value is -3.63. The molecular weight excluding hydrogens is 500 g/mol. The van der Waals surface area contributed by atoms with Crippen molar-refractivity contribution in [2.45, 2.75) is 17.9 Å². The zero-order valence-corrected chi connectivity index (χ0v) is 21.0. The Labute approximate surface area is 214 Å². The van der Waals surface area contributed by atoms with E-state index < -0.39 is 10.0 Å². The SMILES string of the molecule is O=C(CCn1ccc2cc(Cl)ccc21)N1CCN(c2ccc(S(=O)(=O)Nc3ccncn3)cc2)CC1. The number of carbonyl (C=O) groups excluding carboxylic acids is 1. The first kappa shape index (κ1) is 24.1. The zero-order chi connectivity index (χ0) is 25.1. The molecule has 2 aromatic heterocycles. The Kier molecular flexibility index (Phi) is 6.80. The van der Waals surface area contributed by atoms with E-state index in [0.717, 1.165) is 16.6 Å². The van der Waals surface area contributed by atoms with Crippen LogP contribution in [0.25, 0.3) is 10.9 Å². The fraction of sp³-hybridized carbons (Fsp3) is 0.240. The molecule has 0 atom stereocenters. The van der Waals surface area contributed by atoms with Crippen molar-refractivity contribution in [1.29, 1.82) is 0 Å². The van der Waals surface area contributed by atoms with Crippen LogP contribution in [0.4, 0.5) is 11.5 Å². The van der Waals surface area contributed by atoms with Crippen LogP contribution in [0.2, 0.25) is 5.02 Å². The summed E-state index contributed by atoms with van der Waals surface area (Å²) in [5, 5.41) is 1.76. The quantitative estimate of drug-likeness (QED) is 0.396. The number of fused-ring (bicyclic) bond motifs is 1. The van der Waals surface area contributed by atoms with Gasteiger partial charge in [-0.25, -0.2) is 18.4 Å². The second-order valence-electron chi connectivity index (χ2n) is 8.52. The van der Waals surface area contributed by atoms with Crippen molar-refractivity contribution in [3.8, 4) is 0 Å². The Balaban J connectivity index is 1.14. The molecule has 1 saturated heterocycles. The average molecular weight is 525 g/mol. The van der Waals surface area contributed by atoms with Crippen LogP contribution in [-0.4, -0.2) is 59.9 Å². The van der Waals surface area contributed by atoms with E-state index in [0.29, 0.717) is 44.2 Å². The normalized spacial score (nSPS) is 14.2. The van der Waals surface area contributed by atoms with Crippen LogP contribution in [0, 0.1) is 0 Å². The number of aromatic nitrogens is 3. The van der Waals surface area contributed by atoms with Crippen LogP contribution in [0.5, 0.6) is 0 Å². The molecule has 0 bridgehead atoms. The van der Waals surface area contributed by atoms with Gasteiger partial charge in [0.15, 0.2) is 0 Å². The van der Waals surface area contributed by atoms with Gasteiger partial charge in [0.2, 0.25) is 5.91 Å². The van der Waals surface area contributed by atoms with Gasteiger partial charge in [-0.3, -0.25) is 9.52 Å². The third-order valence-corrected chi connectivity index (χ3v) is 7.87. The summed E-state index contributed by atoms with van der Waals surface area (Å²) >= 11 is 6.06. The molecule has 0 radical (unpaired) electrons. The van der Waals surface area contributed by atoms with Crippen molar-refractivity contribution in [3.05, 3.63) is 78.3 Å². The van der Waals surface area contributed by atoms with Crippen molar-refractivity contribution >= 4 is 49.9 Å². The van der Waals surface area contributed by atoms with Gasteiger partial charge in [0.1, 0.15) is 12.1 Å². The van der Waals surface area contributed by atoms with Crippen molar-refractivity contribution in [3.63, 3.8) is 0 Å². The summed E-state index contributed by atoms with van der Waals surface area (Å²) in [5.74, 6) is 0.340. The minimum Gasteiger partial charge on any atom is -0.368 e. The van der Waals surface area contributed by atoms with E-state index in [2.05, 4.69) is 24.2 Å². The number of benzene rings is 2. The van der Waals surface area contributed by atoms with Gasteiger partial charge < -0.3 is 14.4 Å². The first-order valence-corrected chi connectivity index (χ1v) is 13.4. The minimum absolute atomic E-state index is 0.128. The molecule has 9 nitrogen and oxygen atoms in total. The molecule has 5 rings (SSSR count). The number of hydrogen-bond donors (Lipinski definition) is 1. The summed E-state index contributed by atoms with van der Waals surface area (Å²) < 4.78 is 29.7. The highest BCUT2D eigenvalue weighted by atomic mass is 35.5. The highest BCUT2D eigenvalue weighted by Crippen LogP contribution is 2.23. The number of aryl methyl sites for hydroxylation is 1. The summed E-state index contributed by atoms with van der Waals surface area (Å²) in [6.07, 6.45) is 5.17. The molecule has 0 unspecified atom stereocenters. The maximum atomic E-state index is 12.8. The second kappa shape index (κ2) is 10.2. The number of hydrogen-bond acceptors (Lipinski definition) is 6. The van der Waals surface area contributed by atoms with Gasteiger partial charge in [0.25, 0.3) is 10.0 Å². The fourth-order valence-corrected chi connectivity index (χ4v) is 5.53. The molecule has 1 aliphatic rings. The number of halogens is 1. The van der Waals surface area contributed by atoms with Crippen LogP contribution >= 0.6 is 11.6 Å². The van der Waals surface area contributed by atoms with E-state index in [1.54, 1.807) is 24.3 Å². The van der Waals surface area contributed by atoms with Gasteiger partial charge in [-0.1, -0.05) is 11.6 Å². The molecule has 36 heavy (non-hydrogen) atoms. The largest absolute Gasteiger partial charge is 0.368 e. The molecule has 1 amide bonds. The maximum absolute atomic E-state index is 12.8. The summed E-state index contributed by atoms with van der Waals surface area (Å²) in [7, 11) is -3.74. The number of nitrogens with zero attached hydrogens (tertiary/aromatic N) is 5. The van der Waals surface area contributed by atoms with E-state index in [4.69, 9.17) is 11.6 Å². The van der Waals surface area contributed by atoms with E-state index in [9.17, 15) is 13.2 Å². The highest BCUT2D eigenvalue weighted by molar-refractivity contribution is 7.92. The molecule has 11 heteroatoms. The van der Waals surface area contributed by atoms with Crippen molar-refractivity contribution < 1.29 is 13.2 Å². The number of anilines is 2. The zero-order valence-electron chi connectivity index (χ0n) is 19.4. The predicted molar refractivity (Wildman–Crippen MR) is 140 cm³/mol. The number of piperazine rings is 1. The maximum Gasteiger partial charge on any atom is 0.263 e. The number of amides is 1. The van der Waals surface area contributed by atoms with Crippen LogP contribution in [0.3, 0.4) is 0 Å². The van der Waals surface area contributed by atoms with Gasteiger partial charge >= 0.3 is 0 Å². The molecule has 1 aliphatic heterocycles. The van der Waals surface area contributed by atoms with Gasteiger partial charge in [0, 0.05) is 73.2 Å². The summed E-state index contributed by atoms with van der Waals surface area (Å²) in [4.78, 5) is 24.7. The second-order valence-corrected chi connectivity index (χ2v) is 10.6. The van der Waals surface area contributed by atoms with Crippen molar-refractivity contribution in [2.75, 3.05) is 35.8 Å². The van der Waals surface area contributed by atoms with Crippen LogP contribution in [0.15, 0.2) is 78.2 Å². The van der Waals surface area contributed by atoms with Crippen molar-refractivity contribution in [1.82, 2.24) is 19.4 Å². The monoisotopic (exact) mass is 524 g/mol. The summed E-state index contributed by atoms with van der Waals surface area (Å²) in [5.41, 5.74) is 1.98. The predicted octanol–water partition coefficient (Wildman–Crippen LogP) is 3.62. The molecule has 0 spiro atoms. The molecule has 1 fully saturated rings. The van der Waals surface area contributed by atoms with E-state index in [-0.39, 0.29) is 16.6 Å². The minimum atomic E-state index is -3.74. The van der Waals surface area contributed by atoms with Crippen LogP contribution in [0.1, 0.15) is 6.42 Å². The number of nitrogens with one attached hydrogen (secondary N) is 1. The average Bonchev–Trinajstić information content (AvgIpc) is 3.29. The third-order valence-electron chi connectivity index (χ3n) is 6.27. The smallest absolute Gasteiger partial charge is 0.263 e. The van der Waals surface area contributed by atoms with E-state index in [1.165, 1.54) is 18.6 Å². The van der Waals surface area contributed by atoms with Crippen LogP contribution in [-0.2, 0) is 21.4 Å². The lowest BCUT2D eigenvalue weighted by molar-refractivity contribution is -0.131. The lowest BCUT2D eigenvalue weighted by atomic mass is 10.2. The fourth-order valence-electron chi connectivity index (χ4n) is 4.34. The first-order valence-electron chi connectivity index (χ1n) is 11.6. The molecule has 186 valence electrons. The van der Waals surface area contributed by atoms with Gasteiger partial charge in [-0.2, -0.15) is 0 Å². The summed E-state index contributed by atoms with van der Waals surface area (Å²) in [6.45, 7) is 3.22. The Morgan fingerprint density at radius 3 is 2.50 bits per heavy atom. The molecular formula is C25H25ClN6O3S. The van der Waals surface area contributed by atoms with Gasteiger partial charge in [-0.05, 0) is 54.6 Å². The van der Waals surface area contributed by atoms with Gasteiger partial charge in [0.05, 0.1) is 4.90 Å². The topological polar surface area (TPSA) is 100 Å². The van der Waals surface area contributed by atoms with Gasteiger partial charge in [-0.15, -0.1) is 0 Å². The number of rotatable bonds is 7. The number of sulfonamides is 1. The third kappa shape index (κ3) is 5.29. The lowest BCUT2D eigenvalue weighted by Gasteiger charge is -2.36. The molecule has 2 aromatic carbocycles. The Bertz CT molecular complexity index is 1470. The number of carbonyl (C=O) groups is 1. The molecule has 1 N–H and O–H groups in total. The van der Waals surface area contributed by atoms with E-state index >= 15 is 0 Å². The van der Waals surface area contributed by atoms with E-state index in [1.807, 2.05) is 35.4 Å². The Morgan fingerprint density at radius 2 is 1.78 bits per heavy atom. The lowest BCUT2D eigenvalue weighted by Crippen LogP contribution is -2.49. The molecule has 3 heterocycles. The molecule has 4 aromatic rings. The Morgan fingerprint density at radius 1 is 1.00 bits per heavy atom. The summed E-state index contributed by atoms with van der Waals surface area (Å²) in [6, 6.07) is 16.0. The highest BCUT2D eigenvalue weighted by Gasteiger charge is 2.22. The standard InChI is InChI=1S/C25H25ClN6O3S/c26-20-1-6-23-19(17-20)8-11-31(23)12-9-25(33)32-15-13-30(14-16-32)21-2-4-22(5-3-21)36(34,35)29-24-7-10-27-18-28-24/h1-8,10-11,17-18H,9,12-16H2,(H,27,28,29). The van der Waals surface area contributed by atoms with Crippen LogP contribution < -0.4 is 9.62 Å². The molecule has 0 aliphatic carbocycles.